The molecule has 1 N–H and O–H groups in total. The molecule has 0 spiro atoms. The van der Waals surface area contributed by atoms with Crippen LogP contribution < -0.4 is 5.32 Å². The second-order valence-corrected chi connectivity index (χ2v) is 5.86. The van der Waals surface area contributed by atoms with Gasteiger partial charge in [0.25, 0.3) is 0 Å². The second kappa shape index (κ2) is 7.64. The van der Waals surface area contributed by atoms with Crippen molar-refractivity contribution in [2.45, 2.75) is 39.8 Å². The Balaban J connectivity index is 2.37. The molecule has 2 aromatic rings. The summed E-state index contributed by atoms with van der Waals surface area (Å²) >= 11 is 0. The van der Waals surface area contributed by atoms with E-state index in [1.807, 2.05) is 48.5 Å². The summed E-state index contributed by atoms with van der Waals surface area (Å²) in [7, 11) is 0. The first-order chi connectivity index (χ1) is 10.6. The molecule has 3 nitrogen and oxygen atoms in total. The summed E-state index contributed by atoms with van der Waals surface area (Å²) in [5.41, 5.74) is 2.00. The Bertz CT molecular complexity index is 581. The third-order valence-corrected chi connectivity index (χ3v) is 3.38. The van der Waals surface area contributed by atoms with Gasteiger partial charge in [-0.05, 0) is 52.0 Å². The lowest BCUT2D eigenvalue weighted by molar-refractivity contribution is 0.291. The fourth-order valence-electron chi connectivity index (χ4n) is 2.51. The molecule has 0 saturated heterocycles. The highest BCUT2D eigenvalue weighted by Gasteiger charge is 2.18. The highest BCUT2D eigenvalue weighted by molar-refractivity contribution is 5.95. The van der Waals surface area contributed by atoms with Gasteiger partial charge in [0.15, 0.2) is 0 Å². The number of guanidine groups is 1. The molecular weight excluding hydrogens is 270 g/mol. The Labute approximate surface area is 133 Å². The number of nitrogens with one attached hydrogen (secondary N) is 1. The van der Waals surface area contributed by atoms with Gasteiger partial charge < -0.3 is 10.2 Å². The fourth-order valence-corrected chi connectivity index (χ4v) is 2.51. The van der Waals surface area contributed by atoms with Gasteiger partial charge in [0.1, 0.15) is 0 Å². The molecule has 0 aliphatic heterocycles. The molecule has 0 bridgehead atoms. The number of nitrogens with zero attached hydrogens (tertiary/aromatic N) is 2. The van der Waals surface area contributed by atoms with Crippen LogP contribution in [0.1, 0.15) is 27.7 Å². The minimum Gasteiger partial charge on any atom is -0.338 e. The average Bonchev–Trinajstić information content (AvgIpc) is 2.48. The van der Waals surface area contributed by atoms with Crippen LogP contribution in [0.3, 0.4) is 0 Å². The molecule has 22 heavy (non-hydrogen) atoms. The van der Waals surface area contributed by atoms with Gasteiger partial charge in [-0.25, -0.2) is 4.99 Å². The molecule has 0 heterocycles. The van der Waals surface area contributed by atoms with Crippen LogP contribution in [0.25, 0.3) is 0 Å². The third kappa shape index (κ3) is 4.35. The monoisotopic (exact) mass is 295 g/mol. The molecule has 0 aliphatic carbocycles. The van der Waals surface area contributed by atoms with Gasteiger partial charge in [-0.3, -0.25) is 0 Å². The lowest BCUT2D eigenvalue weighted by Gasteiger charge is -2.34. The molecule has 2 rings (SSSR count). The maximum absolute atomic E-state index is 4.83. The van der Waals surface area contributed by atoms with E-state index >= 15 is 0 Å². The smallest absolute Gasteiger partial charge is 0.204 e. The second-order valence-electron chi connectivity index (χ2n) is 5.86. The van der Waals surface area contributed by atoms with Crippen molar-refractivity contribution in [3.63, 3.8) is 0 Å². The molecule has 0 atom stereocenters. The van der Waals surface area contributed by atoms with E-state index in [2.05, 4.69) is 50.0 Å². The molecule has 0 radical (unpaired) electrons. The molecule has 0 aromatic heterocycles. The highest BCUT2D eigenvalue weighted by Crippen LogP contribution is 2.16. The van der Waals surface area contributed by atoms with E-state index < -0.39 is 0 Å². The third-order valence-electron chi connectivity index (χ3n) is 3.38. The molecule has 0 fully saturated rings. The summed E-state index contributed by atoms with van der Waals surface area (Å²) in [5, 5.41) is 3.47. The molecular formula is C19H25N3. The predicted octanol–water partition coefficient (Wildman–Crippen LogP) is 4.91. The zero-order valence-electron chi connectivity index (χ0n) is 13.8. The van der Waals surface area contributed by atoms with Crippen molar-refractivity contribution in [1.29, 1.82) is 0 Å². The first kappa shape index (κ1) is 16.1. The summed E-state index contributed by atoms with van der Waals surface area (Å²) in [5.74, 6) is 0.877. The lowest BCUT2D eigenvalue weighted by Crippen LogP contribution is -2.45. The van der Waals surface area contributed by atoms with Crippen LogP contribution in [0, 0.1) is 0 Å². The van der Waals surface area contributed by atoms with Crippen molar-refractivity contribution in [1.82, 2.24) is 4.90 Å². The average molecular weight is 295 g/mol. The van der Waals surface area contributed by atoms with E-state index in [4.69, 9.17) is 4.99 Å². The molecule has 0 aliphatic rings. The highest BCUT2D eigenvalue weighted by atomic mass is 15.3. The van der Waals surface area contributed by atoms with Gasteiger partial charge >= 0.3 is 0 Å². The summed E-state index contributed by atoms with van der Waals surface area (Å²) < 4.78 is 0. The van der Waals surface area contributed by atoms with Crippen molar-refractivity contribution in [3.8, 4) is 0 Å². The van der Waals surface area contributed by atoms with E-state index in [9.17, 15) is 0 Å². The van der Waals surface area contributed by atoms with E-state index in [0.717, 1.165) is 17.3 Å². The van der Waals surface area contributed by atoms with Crippen molar-refractivity contribution in [2.75, 3.05) is 5.32 Å². The van der Waals surface area contributed by atoms with E-state index in [1.54, 1.807) is 0 Å². The fraction of sp³-hybridized carbons (Fsp3) is 0.316. The van der Waals surface area contributed by atoms with Crippen molar-refractivity contribution in [2.24, 2.45) is 4.99 Å². The lowest BCUT2D eigenvalue weighted by atomic mass is 10.2. The van der Waals surface area contributed by atoms with Crippen LogP contribution >= 0.6 is 0 Å². The van der Waals surface area contributed by atoms with Gasteiger partial charge in [-0.2, -0.15) is 0 Å². The number of aliphatic imine (C=N–C) groups is 1. The van der Waals surface area contributed by atoms with Crippen LogP contribution in [0.5, 0.6) is 0 Å². The molecule has 0 unspecified atom stereocenters. The van der Waals surface area contributed by atoms with Gasteiger partial charge in [0, 0.05) is 17.8 Å². The van der Waals surface area contributed by atoms with E-state index in [1.165, 1.54) is 0 Å². The summed E-state index contributed by atoms with van der Waals surface area (Å²) in [6.45, 7) is 8.75. The van der Waals surface area contributed by atoms with Gasteiger partial charge in [-0.15, -0.1) is 0 Å². The van der Waals surface area contributed by atoms with Crippen LogP contribution in [-0.4, -0.2) is 22.9 Å². The Morgan fingerprint density at radius 3 is 1.82 bits per heavy atom. The maximum Gasteiger partial charge on any atom is 0.204 e. The SMILES string of the molecule is CC(C)N(C(=Nc1ccccc1)Nc1ccccc1)C(C)C. The van der Waals surface area contributed by atoms with Gasteiger partial charge in [-0.1, -0.05) is 36.4 Å². The maximum atomic E-state index is 4.83. The van der Waals surface area contributed by atoms with Crippen molar-refractivity contribution >= 4 is 17.3 Å². The molecule has 2 aromatic carbocycles. The summed E-state index contributed by atoms with van der Waals surface area (Å²) in [6, 6.07) is 21.0. The summed E-state index contributed by atoms with van der Waals surface area (Å²) in [6.07, 6.45) is 0. The van der Waals surface area contributed by atoms with E-state index in [-0.39, 0.29) is 0 Å². The predicted molar refractivity (Wildman–Crippen MR) is 95.7 cm³/mol. The minimum absolute atomic E-state index is 0.360. The number of anilines is 1. The van der Waals surface area contributed by atoms with Crippen LogP contribution in [0.4, 0.5) is 11.4 Å². The molecule has 3 heteroatoms. The first-order valence-electron chi connectivity index (χ1n) is 7.82. The molecule has 0 saturated carbocycles. The van der Waals surface area contributed by atoms with Gasteiger partial charge in [0.05, 0.1) is 5.69 Å². The number of rotatable bonds is 4. The van der Waals surface area contributed by atoms with Crippen LogP contribution in [0.2, 0.25) is 0 Å². The van der Waals surface area contributed by atoms with Crippen LogP contribution in [-0.2, 0) is 0 Å². The molecule has 0 amide bonds. The standard InChI is InChI=1S/C19H25N3/c1-15(2)22(16(3)4)19(20-17-11-7-5-8-12-17)21-18-13-9-6-10-14-18/h5-16H,1-4H3,(H,20,21). The largest absolute Gasteiger partial charge is 0.338 e. The number of benzene rings is 2. The Morgan fingerprint density at radius 2 is 1.32 bits per heavy atom. The normalized spacial score (nSPS) is 11.8. The topological polar surface area (TPSA) is 27.6 Å². The Hall–Kier alpha value is -2.29. The van der Waals surface area contributed by atoms with Crippen LogP contribution in [0.15, 0.2) is 65.7 Å². The zero-order chi connectivity index (χ0) is 15.9. The zero-order valence-corrected chi connectivity index (χ0v) is 13.8. The number of hydrogen-bond acceptors (Lipinski definition) is 1. The Morgan fingerprint density at radius 1 is 0.818 bits per heavy atom. The minimum atomic E-state index is 0.360. The molecule has 116 valence electrons. The van der Waals surface area contributed by atoms with Crippen molar-refractivity contribution in [3.05, 3.63) is 60.7 Å². The van der Waals surface area contributed by atoms with Crippen molar-refractivity contribution < 1.29 is 0 Å². The van der Waals surface area contributed by atoms with E-state index in [0.29, 0.717) is 12.1 Å². The quantitative estimate of drug-likeness (QED) is 0.641. The number of para-hydroxylation sites is 2. The van der Waals surface area contributed by atoms with Gasteiger partial charge in [0.2, 0.25) is 5.96 Å². The number of hydrogen-bond donors (Lipinski definition) is 1. The first-order valence-corrected chi connectivity index (χ1v) is 7.82. The summed E-state index contributed by atoms with van der Waals surface area (Å²) in [4.78, 5) is 7.12. The Kier molecular flexibility index (Phi) is 5.59.